The van der Waals surface area contributed by atoms with E-state index in [0.29, 0.717) is 5.92 Å². The Bertz CT molecular complexity index is 217. The molecule has 9 heavy (non-hydrogen) atoms. The highest BCUT2D eigenvalue weighted by Crippen LogP contribution is 2.39. The molecule has 0 aliphatic heterocycles. The average molecular weight is 235 g/mol. The summed E-state index contributed by atoms with van der Waals surface area (Å²) in [5.41, 5.74) is 0. The lowest BCUT2D eigenvalue weighted by Crippen LogP contribution is -1.73. The van der Waals surface area contributed by atoms with Gasteiger partial charge in [0.05, 0.1) is 6.20 Å². The Kier molecular flexibility index (Phi) is 1.25. The van der Waals surface area contributed by atoms with Gasteiger partial charge < -0.3 is 4.42 Å². The van der Waals surface area contributed by atoms with Crippen molar-refractivity contribution in [2.24, 2.45) is 0 Å². The summed E-state index contributed by atoms with van der Waals surface area (Å²) in [6, 6.07) is 0. The second-order valence-corrected chi connectivity index (χ2v) is 3.34. The number of hydrogen-bond acceptors (Lipinski definition) is 2. The molecule has 0 N–H and O–H groups in total. The van der Waals surface area contributed by atoms with Gasteiger partial charge in [0.15, 0.2) is 9.66 Å². The first-order valence-electron chi connectivity index (χ1n) is 2.97. The maximum atomic E-state index is 5.28. The first-order chi connectivity index (χ1) is 4.36. The van der Waals surface area contributed by atoms with Crippen LogP contribution >= 0.6 is 22.6 Å². The first kappa shape index (κ1) is 5.70. The predicted molar refractivity (Wildman–Crippen MR) is 41.2 cm³/mol. The van der Waals surface area contributed by atoms with Gasteiger partial charge in [0.2, 0.25) is 0 Å². The Hall–Kier alpha value is -0.0600. The molecule has 1 saturated carbocycles. The van der Waals surface area contributed by atoms with Crippen LogP contribution in [0.3, 0.4) is 0 Å². The minimum atomic E-state index is 0.647. The van der Waals surface area contributed by atoms with Gasteiger partial charge in [0, 0.05) is 28.5 Å². The highest BCUT2D eigenvalue weighted by atomic mass is 127. The van der Waals surface area contributed by atoms with Gasteiger partial charge in [-0.25, -0.2) is 4.98 Å². The van der Waals surface area contributed by atoms with E-state index in [-0.39, 0.29) is 0 Å². The van der Waals surface area contributed by atoms with Crippen molar-refractivity contribution in [2.45, 2.75) is 18.8 Å². The summed E-state index contributed by atoms with van der Waals surface area (Å²) in [4.78, 5) is 4.10. The van der Waals surface area contributed by atoms with Crippen LogP contribution in [0.15, 0.2) is 10.6 Å². The molecule has 1 aromatic rings. The van der Waals surface area contributed by atoms with Gasteiger partial charge in [-0.1, -0.05) is 0 Å². The van der Waals surface area contributed by atoms with Gasteiger partial charge in [-0.15, -0.1) is 0 Å². The molecule has 0 unspecified atom stereocenters. The lowest BCUT2D eigenvalue weighted by Gasteiger charge is -1.82. The minimum absolute atomic E-state index is 0.647. The molecule has 2 rings (SSSR count). The van der Waals surface area contributed by atoms with Crippen LogP contribution in [0.1, 0.15) is 24.7 Å². The topological polar surface area (TPSA) is 26.0 Å². The van der Waals surface area contributed by atoms with E-state index >= 15 is 0 Å². The Morgan fingerprint density at radius 1 is 1.67 bits per heavy atom. The van der Waals surface area contributed by atoms with Gasteiger partial charge in [0.1, 0.15) is 0 Å². The number of oxazole rings is 1. The normalized spacial score (nSPS) is 18.3. The van der Waals surface area contributed by atoms with Gasteiger partial charge in [-0.2, -0.15) is 0 Å². The Balaban J connectivity index is 2.28. The maximum absolute atomic E-state index is 5.28. The van der Waals surface area contributed by atoms with Crippen LogP contribution in [0.25, 0.3) is 0 Å². The fraction of sp³-hybridized carbons (Fsp3) is 0.500. The smallest absolute Gasteiger partial charge is 0.198 e. The third-order valence-electron chi connectivity index (χ3n) is 1.42. The molecule has 0 atom stereocenters. The number of aromatic nitrogens is 1. The molecule has 1 aromatic heterocycles. The van der Waals surface area contributed by atoms with E-state index in [1.54, 1.807) is 6.20 Å². The molecule has 1 aliphatic rings. The second kappa shape index (κ2) is 1.97. The largest absolute Gasteiger partial charge is 0.435 e. The fourth-order valence-corrected chi connectivity index (χ4v) is 1.15. The summed E-state index contributed by atoms with van der Waals surface area (Å²) in [5.74, 6) is 1.58. The van der Waals surface area contributed by atoms with E-state index in [1.165, 1.54) is 12.8 Å². The van der Waals surface area contributed by atoms with E-state index < -0.39 is 0 Å². The van der Waals surface area contributed by atoms with E-state index in [2.05, 4.69) is 27.6 Å². The predicted octanol–water partition coefficient (Wildman–Crippen LogP) is 2.16. The van der Waals surface area contributed by atoms with Crippen LogP contribution in [0, 0.1) is 3.77 Å². The number of hydrogen-bond donors (Lipinski definition) is 0. The Labute approximate surface area is 66.8 Å². The zero-order valence-electron chi connectivity index (χ0n) is 4.80. The minimum Gasteiger partial charge on any atom is -0.435 e. The molecule has 0 aromatic carbocycles. The highest BCUT2D eigenvalue weighted by molar-refractivity contribution is 14.1. The lowest BCUT2D eigenvalue weighted by atomic mass is 10.4. The van der Waals surface area contributed by atoms with Crippen molar-refractivity contribution in [3.63, 3.8) is 0 Å². The zero-order chi connectivity index (χ0) is 6.27. The van der Waals surface area contributed by atoms with Crippen molar-refractivity contribution in [1.82, 2.24) is 4.98 Å². The first-order valence-corrected chi connectivity index (χ1v) is 4.05. The molecular weight excluding hydrogens is 229 g/mol. The number of rotatable bonds is 1. The van der Waals surface area contributed by atoms with Crippen molar-refractivity contribution in [3.8, 4) is 0 Å². The van der Waals surface area contributed by atoms with Crippen LogP contribution < -0.4 is 0 Å². The molecule has 0 saturated heterocycles. The molecule has 48 valence electrons. The molecule has 0 spiro atoms. The summed E-state index contributed by atoms with van der Waals surface area (Å²) in [5, 5.41) is 0. The van der Waals surface area contributed by atoms with Crippen molar-refractivity contribution in [3.05, 3.63) is 15.9 Å². The van der Waals surface area contributed by atoms with E-state index in [9.17, 15) is 0 Å². The standard InChI is InChI=1S/C6H6INO/c7-5-3-8-6(9-5)4-1-2-4/h3-4H,1-2H2. The van der Waals surface area contributed by atoms with Gasteiger partial charge in [-0.05, 0) is 12.8 Å². The molecule has 1 fully saturated rings. The molecule has 0 radical (unpaired) electrons. The van der Waals surface area contributed by atoms with Crippen molar-refractivity contribution < 1.29 is 4.42 Å². The molecule has 3 heteroatoms. The summed E-state index contributed by atoms with van der Waals surface area (Å²) in [7, 11) is 0. The molecule has 1 heterocycles. The molecule has 0 bridgehead atoms. The Morgan fingerprint density at radius 2 is 2.44 bits per heavy atom. The summed E-state index contributed by atoms with van der Waals surface area (Å²) in [6.45, 7) is 0. The van der Waals surface area contributed by atoms with E-state index in [1.807, 2.05) is 0 Å². The van der Waals surface area contributed by atoms with E-state index in [4.69, 9.17) is 4.42 Å². The monoisotopic (exact) mass is 235 g/mol. The number of nitrogens with zero attached hydrogens (tertiary/aromatic N) is 1. The van der Waals surface area contributed by atoms with Gasteiger partial charge in [0.25, 0.3) is 0 Å². The van der Waals surface area contributed by atoms with Gasteiger partial charge in [-0.3, -0.25) is 0 Å². The summed E-state index contributed by atoms with van der Waals surface area (Å²) >= 11 is 2.13. The van der Waals surface area contributed by atoms with Gasteiger partial charge >= 0.3 is 0 Å². The van der Waals surface area contributed by atoms with Crippen molar-refractivity contribution in [1.29, 1.82) is 0 Å². The van der Waals surface area contributed by atoms with E-state index in [0.717, 1.165) is 9.66 Å². The third-order valence-corrected chi connectivity index (χ3v) is 1.92. The molecule has 0 amide bonds. The van der Waals surface area contributed by atoms with Crippen LogP contribution in [0.5, 0.6) is 0 Å². The van der Waals surface area contributed by atoms with Crippen LogP contribution in [-0.2, 0) is 0 Å². The lowest BCUT2D eigenvalue weighted by molar-refractivity contribution is 0.475. The quantitative estimate of drug-likeness (QED) is 0.697. The summed E-state index contributed by atoms with van der Waals surface area (Å²) in [6.07, 6.45) is 4.29. The summed E-state index contributed by atoms with van der Waals surface area (Å²) < 4.78 is 6.18. The number of halogens is 1. The third kappa shape index (κ3) is 1.10. The highest BCUT2D eigenvalue weighted by Gasteiger charge is 2.28. The van der Waals surface area contributed by atoms with Crippen LogP contribution in [0.2, 0.25) is 0 Å². The Morgan fingerprint density at radius 3 is 2.89 bits per heavy atom. The molecular formula is C6H6INO. The van der Waals surface area contributed by atoms with Crippen LogP contribution in [-0.4, -0.2) is 4.98 Å². The fourth-order valence-electron chi connectivity index (χ4n) is 0.786. The molecule has 2 nitrogen and oxygen atoms in total. The van der Waals surface area contributed by atoms with Crippen molar-refractivity contribution in [2.75, 3.05) is 0 Å². The maximum Gasteiger partial charge on any atom is 0.198 e. The molecule has 1 aliphatic carbocycles. The average Bonchev–Trinajstić information content (AvgIpc) is 2.58. The van der Waals surface area contributed by atoms with Crippen LogP contribution in [0.4, 0.5) is 0 Å². The SMILES string of the molecule is Ic1cnc(C2CC2)o1. The zero-order valence-corrected chi connectivity index (χ0v) is 6.96. The van der Waals surface area contributed by atoms with Crippen molar-refractivity contribution >= 4 is 22.6 Å². The second-order valence-electron chi connectivity index (χ2n) is 2.28.